The predicted molar refractivity (Wildman–Crippen MR) is 212 cm³/mol. The summed E-state index contributed by atoms with van der Waals surface area (Å²) in [7, 11) is 0. The molecule has 0 aromatic heterocycles. The Labute approximate surface area is 340 Å². The van der Waals surface area contributed by atoms with E-state index >= 15 is 0 Å². The first kappa shape index (κ1) is 53.4. The van der Waals surface area contributed by atoms with Gasteiger partial charge < -0.3 is 47.2 Å². The molecular formula is C40H68N4O14. The molecular weight excluding hydrogens is 760 g/mol. The summed E-state index contributed by atoms with van der Waals surface area (Å²) in [5.74, 6) is -9.41. The predicted octanol–water partition coefficient (Wildman–Crippen LogP) is 4.15. The van der Waals surface area contributed by atoms with Gasteiger partial charge in [-0.3, -0.25) is 33.6 Å². The quantitative estimate of drug-likeness (QED) is 0.0393. The van der Waals surface area contributed by atoms with Crippen LogP contribution in [-0.2, 0) is 43.2 Å². The molecule has 4 atom stereocenters. The SMILES string of the molecule is N[C@@H](CCCCNC(=O)CC[C@H](NC(=O)CC[C@H](NC(=O)CC[C@H](CC(=O)CCCCCCCCCCCCCCCCC(=O)O)C(=O)O)C(=O)O)C(=O)O)C(=O)O. The van der Waals surface area contributed by atoms with E-state index in [2.05, 4.69) is 16.0 Å². The van der Waals surface area contributed by atoms with E-state index in [0.717, 1.165) is 57.8 Å². The van der Waals surface area contributed by atoms with Crippen molar-refractivity contribution in [3.8, 4) is 0 Å². The number of aliphatic carboxylic acids is 5. The maximum Gasteiger partial charge on any atom is 0.326 e. The van der Waals surface area contributed by atoms with E-state index in [0.29, 0.717) is 19.3 Å². The average molecular weight is 829 g/mol. The van der Waals surface area contributed by atoms with Crippen LogP contribution in [0.1, 0.15) is 167 Å². The molecule has 0 spiro atoms. The minimum absolute atomic E-state index is 0.195. The molecule has 0 unspecified atom stereocenters. The van der Waals surface area contributed by atoms with Gasteiger partial charge in [0.25, 0.3) is 0 Å². The molecule has 0 radical (unpaired) electrons. The van der Waals surface area contributed by atoms with Crippen molar-refractivity contribution in [1.29, 1.82) is 0 Å². The highest BCUT2D eigenvalue weighted by molar-refractivity contribution is 5.87. The second-order valence-electron chi connectivity index (χ2n) is 14.9. The number of nitrogens with one attached hydrogen (secondary N) is 3. The van der Waals surface area contributed by atoms with E-state index < -0.39 is 84.5 Å². The Balaban J connectivity index is 4.35. The largest absolute Gasteiger partial charge is 0.481 e. The third-order valence-corrected chi connectivity index (χ3v) is 9.81. The number of carboxylic acids is 5. The standard InChI is InChI=1S/C40H68N4O14/c41-30(38(53)54)18-15-16-26-42-33(46)24-21-31(39(55)56)44-35(48)25-22-32(40(57)58)43-34(47)23-20-28(37(51)52)27-29(45)17-13-11-9-7-5-3-1-2-4-6-8-10-12-14-19-36(49)50/h28,30-32H,1-27,41H2,(H,42,46)(H,43,47)(H,44,48)(H,49,50)(H,51,52)(H,53,54)(H,55,56)(H,57,58)/t28-,30+,31+,32+/m1/s1. The fraction of sp³-hybridized carbons (Fsp3) is 0.775. The Bertz CT molecular complexity index is 1290. The molecule has 0 aliphatic rings. The highest BCUT2D eigenvalue weighted by atomic mass is 16.4. The van der Waals surface area contributed by atoms with Gasteiger partial charge in [0.1, 0.15) is 23.9 Å². The lowest BCUT2D eigenvalue weighted by Crippen LogP contribution is -2.44. The van der Waals surface area contributed by atoms with E-state index in [1.807, 2.05) is 0 Å². The fourth-order valence-corrected chi connectivity index (χ4v) is 6.24. The molecule has 10 N–H and O–H groups in total. The van der Waals surface area contributed by atoms with Crippen LogP contribution in [0.25, 0.3) is 0 Å². The van der Waals surface area contributed by atoms with Gasteiger partial charge in [-0.2, -0.15) is 0 Å². The molecule has 18 nitrogen and oxygen atoms in total. The Morgan fingerprint density at radius 1 is 0.414 bits per heavy atom. The number of Topliss-reactive ketones (excluding diaryl/α,β-unsaturated/α-hetero) is 1. The second kappa shape index (κ2) is 33.4. The lowest BCUT2D eigenvalue weighted by Gasteiger charge is -2.17. The van der Waals surface area contributed by atoms with Crippen LogP contribution in [-0.4, -0.2) is 104 Å². The molecule has 0 aromatic carbocycles. The molecule has 18 heteroatoms. The lowest BCUT2D eigenvalue weighted by molar-refractivity contribution is -0.145. The van der Waals surface area contributed by atoms with E-state index in [-0.39, 0.29) is 63.7 Å². The van der Waals surface area contributed by atoms with Crippen LogP contribution in [0.5, 0.6) is 0 Å². The second-order valence-corrected chi connectivity index (χ2v) is 14.9. The summed E-state index contributed by atoms with van der Waals surface area (Å²) in [6.07, 6.45) is 14.0. The van der Waals surface area contributed by atoms with Crippen molar-refractivity contribution in [1.82, 2.24) is 16.0 Å². The molecule has 0 aromatic rings. The normalized spacial score (nSPS) is 13.1. The van der Waals surface area contributed by atoms with Gasteiger partial charge in [-0.15, -0.1) is 0 Å². The molecule has 58 heavy (non-hydrogen) atoms. The van der Waals surface area contributed by atoms with Gasteiger partial charge in [-0.1, -0.05) is 77.0 Å². The van der Waals surface area contributed by atoms with Crippen molar-refractivity contribution >= 4 is 53.4 Å². The minimum Gasteiger partial charge on any atom is -0.481 e. The van der Waals surface area contributed by atoms with Gasteiger partial charge >= 0.3 is 29.8 Å². The Hall–Kier alpha value is -4.61. The fourth-order valence-electron chi connectivity index (χ4n) is 6.24. The maximum absolute atomic E-state index is 12.5. The number of rotatable bonds is 39. The van der Waals surface area contributed by atoms with Crippen molar-refractivity contribution in [3.63, 3.8) is 0 Å². The number of carboxylic acid groups (broad SMARTS) is 5. The number of carbonyl (C=O) groups is 9. The summed E-state index contributed by atoms with van der Waals surface area (Å²) in [6, 6.07) is -3.97. The third kappa shape index (κ3) is 30.5. The van der Waals surface area contributed by atoms with Gasteiger partial charge in [-0.05, 0) is 51.4 Å². The molecule has 0 fully saturated rings. The molecule has 3 amide bonds. The summed E-state index contributed by atoms with van der Waals surface area (Å²) in [4.78, 5) is 106. The highest BCUT2D eigenvalue weighted by Gasteiger charge is 2.26. The maximum atomic E-state index is 12.5. The van der Waals surface area contributed by atoms with E-state index in [1.54, 1.807) is 0 Å². The zero-order valence-corrected chi connectivity index (χ0v) is 33.9. The Morgan fingerprint density at radius 2 is 0.828 bits per heavy atom. The van der Waals surface area contributed by atoms with Gasteiger partial charge in [0, 0.05) is 45.1 Å². The summed E-state index contributed by atoms with van der Waals surface area (Å²) >= 11 is 0. The lowest BCUT2D eigenvalue weighted by atomic mass is 9.94. The molecule has 0 bridgehead atoms. The van der Waals surface area contributed by atoms with Gasteiger partial charge in [0.05, 0.1) is 5.92 Å². The number of ketones is 1. The van der Waals surface area contributed by atoms with Gasteiger partial charge in [-0.25, -0.2) is 9.59 Å². The molecule has 0 rings (SSSR count). The molecule has 0 saturated carbocycles. The molecule has 0 saturated heterocycles. The van der Waals surface area contributed by atoms with Crippen molar-refractivity contribution in [2.75, 3.05) is 6.54 Å². The molecule has 0 aliphatic carbocycles. The zero-order valence-electron chi connectivity index (χ0n) is 33.9. The summed E-state index contributed by atoms with van der Waals surface area (Å²) in [5.41, 5.74) is 5.41. The van der Waals surface area contributed by atoms with Gasteiger partial charge in [0.2, 0.25) is 17.7 Å². The van der Waals surface area contributed by atoms with Crippen LogP contribution in [0, 0.1) is 5.92 Å². The summed E-state index contributed by atoms with van der Waals surface area (Å²) < 4.78 is 0. The highest BCUT2D eigenvalue weighted by Crippen LogP contribution is 2.17. The van der Waals surface area contributed by atoms with Crippen LogP contribution >= 0.6 is 0 Å². The number of hydrogen-bond acceptors (Lipinski definition) is 10. The van der Waals surface area contributed by atoms with Crippen molar-refractivity contribution in [2.45, 2.75) is 185 Å². The number of unbranched alkanes of at least 4 members (excludes halogenated alkanes) is 14. The first-order valence-corrected chi connectivity index (χ1v) is 20.8. The van der Waals surface area contributed by atoms with Gasteiger partial charge in [0.15, 0.2) is 0 Å². The topological polar surface area (TPSA) is 317 Å². The number of nitrogens with two attached hydrogens (primary N) is 1. The van der Waals surface area contributed by atoms with Crippen molar-refractivity contribution < 1.29 is 68.7 Å². The Kier molecular flexibility index (Phi) is 30.7. The van der Waals surface area contributed by atoms with Crippen LogP contribution < -0.4 is 21.7 Å². The zero-order chi connectivity index (χ0) is 43.7. The van der Waals surface area contributed by atoms with E-state index in [1.165, 1.54) is 25.7 Å². The Morgan fingerprint density at radius 3 is 1.24 bits per heavy atom. The number of carbonyl (C=O) groups excluding carboxylic acids is 4. The van der Waals surface area contributed by atoms with Crippen molar-refractivity contribution in [2.24, 2.45) is 11.7 Å². The molecule has 0 aliphatic heterocycles. The van der Waals surface area contributed by atoms with Crippen LogP contribution in [0.4, 0.5) is 0 Å². The first-order chi connectivity index (χ1) is 27.5. The van der Waals surface area contributed by atoms with E-state index in [4.69, 9.17) is 15.9 Å². The van der Waals surface area contributed by atoms with Crippen LogP contribution in [0.2, 0.25) is 0 Å². The van der Waals surface area contributed by atoms with Crippen molar-refractivity contribution in [3.05, 3.63) is 0 Å². The van der Waals surface area contributed by atoms with E-state index in [9.17, 15) is 58.5 Å². The first-order valence-electron chi connectivity index (χ1n) is 20.8. The molecule has 0 heterocycles. The summed E-state index contributed by atoms with van der Waals surface area (Å²) in [5, 5.41) is 53.1. The summed E-state index contributed by atoms with van der Waals surface area (Å²) in [6.45, 7) is 0.221. The molecule has 332 valence electrons. The average Bonchev–Trinajstić information content (AvgIpc) is 3.15. The van der Waals surface area contributed by atoms with Crippen LogP contribution in [0.15, 0.2) is 0 Å². The smallest absolute Gasteiger partial charge is 0.326 e. The number of amides is 3. The third-order valence-electron chi connectivity index (χ3n) is 9.81. The minimum atomic E-state index is -1.53. The number of hydrogen-bond donors (Lipinski definition) is 9. The van der Waals surface area contributed by atoms with Crippen LogP contribution in [0.3, 0.4) is 0 Å². The monoisotopic (exact) mass is 828 g/mol.